The van der Waals surface area contributed by atoms with Crippen molar-refractivity contribution in [2.75, 3.05) is 18.5 Å². The number of halogens is 3. The van der Waals surface area contributed by atoms with E-state index >= 15 is 0 Å². The number of nitrogens with one attached hydrogen (secondary N) is 1. The molecule has 0 saturated carbocycles. The number of pyridine rings is 2. The molecule has 2 aromatic rings. The fraction of sp³-hybridized carbons (Fsp3) is 0.375. The van der Waals surface area contributed by atoms with E-state index in [1.165, 1.54) is 12.3 Å². The van der Waals surface area contributed by atoms with Crippen molar-refractivity contribution in [2.45, 2.75) is 25.9 Å². The van der Waals surface area contributed by atoms with Crippen LogP contribution in [0.2, 0.25) is 0 Å². The van der Waals surface area contributed by atoms with E-state index in [2.05, 4.69) is 47.1 Å². The predicted molar refractivity (Wildman–Crippen MR) is 105 cm³/mol. The third-order valence-corrected chi connectivity index (χ3v) is 3.35. The lowest BCUT2D eigenvalue weighted by Crippen LogP contribution is -2.19. The lowest BCUT2D eigenvalue weighted by molar-refractivity contribution is 0.273. The first-order chi connectivity index (χ1) is 11.8. The smallest absolute Gasteiger partial charge is 0.213 e. The molecule has 2 heterocycles. The molecule has 0 radical (unpaired) electrons. The van der Waals surface area contributed by atoms with Crippen LogP contribution in [0.15, 0.2) is 45.6 Å². The summed E-state index contributed by atoms with van der Waals surface area (Å²) in [6.07, 6.45) is 3.11. The monoisotopic (exact) mass is 480 g/mol. The van der Waals surface area contributed by atoms with Crippen molar-refractivity contribution in [3.05, 3.63) is 51.6 Å². The van der Waals surface area contributed by atoms with Crippen LogP contribution in [0.5, 0.6) is 0 Å². The highest BCUT2D eigenvalue weighted by Crippen LogP contribution is 2.13. The fourth-order valence-electron chi connectivity index (χ4n) is 1.16. The van der Waals surface area contributed by atoms with Crippen molar-refractivity contribution < 1.29 is 14.6 Å². The standard InChI is InChI=1S/C8H11BrN2O.C5H3BrFN.C3H9NO/c1-6(5-12)11-8-4-7(9)2-3-10-8;6-4-1-2-8-5(7)3-4;1-3(4)2-5/h2-4,6,12H,5H2,1H3,(H,10,11);1-3H;3,5H,2,4H2,1H3. The molecule has 0 aliphatic rings. The lowest BCUT2D eigenvalue weighted by Gasteiger charge is -2.10. The van der Waals surface area contributed by atoms with Gasteiger partial charge in [-0.1, -0.05) is 31.9 Å². The summed E-state index contributed by atoms with van der Waals surface area (Å²) in [5.41, 5.74) is 5.04. The van der Waals surface area contributed by atoms with Gasteiger partial charge in [0.1, 0.15) is 5.82 Å². The minimum atomic E-state index is -0.459. The molecule has 2 aromatic heterocycles. The fourth-order valence-corrected chi connectivity index (χ4v) is 1.80. The third-order valence-electron chi connectivity index (χ3n) is 2.37. The Kier molecular flexibility index (Phi) is 13.4. The van der Waals surface area contributed by atoms with Crippen LogP contribution in [-0.4, -0.2) is 45.5 Å². The molecule has 0 aromatic carbocycles. The molecule has 140 valence electrons. The van der Waals surface area contributed by atoms with Gasteiger partial charge in [0.05, 0.1) is 13.2 Å². The lowest BCUT2D eigenvalue weighted by atomic mass is 10.3. The van der Waals surface area contributed by atoms with Gasteiger partial charge in [0.15, 0.2) is 0 Å². The number of hydrogen-bond acceptors (Lipinski definition) is 6. The van der Waals surface area contributed by atoms with Gasteiger partial charge in [-0.25, -0.2) is 9.97 Å². The van der Waals surface area contributed by atoms with Crippen LogP contribution in [0.25, 0.3) is 0 Å². The van der Waals surface area contributed by atoms with Gasteiger partial charge in [0.2, 0.25) is 5.95 Å². The van der Waals surface area contributed by atoms with Crippen LogP contribution in [0, 0.1) is 5.95 Å². The number of aromatic nitrogens is 2. The number of rotatable bonds is 4. The second-order valence-electron chi connectivity index (χ2n) is 5.04. The zero-order valence-electron chi connectivity index (χ0n) is 14.0. The third kappa shape index (κ3) is 13.8. The summed E-state index contributed by atoms with van der Waals surface area (Å²) in [7, 11) is 0. The topological polar surface area (TPSA) is 104 Å². The van der Waals surface area contributed by atoms with E-state index in [-0.39, 0.29) is 25.3 Å². The number of hydrogen-bond donors (Lipinski definition) is 4. The Morgan fingerprint density at radius 1 is 1.08 bits per heavy atom. The van der Waals surface area contributed by atoms with Crippen LogP contribution in [0.1, 0.15) is 13.8 Å². The SMILES string of the molecule is CC(CO)Nc1cc(Br)ccn1.CC(N)CO.Fc1cc(Br)ccn1. The highest BCUT2D eigenvalue weighted by molar-refractivity contribution is 9.10. The Bertz CT molecular complexity index is 589. The highest BCUT2D eigenvalue weighted by atomic mass is 79.9. The second kappa shape index (κ2) is 14.1. The van der Waals surface area contributed by atoms with Crippen LogP contribution in [0.4, 0.5) is 10.2 Å². The summed E-state index contributed by atoms with van der Waals surface area (Å²) in [5, 5.41) is 19.8. The largest absolute Gasteiger partial charge is 0.395 e. The summed E-state index contributed by atoms with van der Waals surface area (Å²) in [6.45, 7) is 3.83. The van der Waals surface area contributed by atoms with Gasteiger partial charge >= 0.3 is 0 Å². The normalized spacial score (nSPS) is 12.0. The molecule has 0 spiro atoms. The van der Waals surface area contributed by atoms with Crippen LogP contribution < -0.4 is 11.1 Å². The van der Waals surface area contributed by atoms with Crippen molar-refractivity contribution in [3.63, 3.8) is 0 Å². The Morgan fingerprint density at radius 3 is 1.96 bits per heavy atom. The molecule has 0 bridgehead atoms. The van der Waals surface area contributed by atoms with Gasteiger partial charge < -0.3 is 21.3 Å². The number of aliphatic hydroxyl groups excluding tert-OH is 2. The summed E-state index contributed by atoms with van der Waals surface area (Å²) >= 11 is 6.41. The van der Waals surface area contributed by atoms with Gasteiger partial charge in [-0.3, -0.25) is 0 Å². The Morgan fingerprint density at radius 2 is 1.60 bits per heavy atom. The molecule has 5 N–H and O–H groups in total. The Hall–Kier alpha value is -1.13. The molecule has 2 rings (SSSR count). The maximum Gasteiger partial charge on any atom is 0.213 e. The zero-order valence-corrected chi connectivity index (χ0v) is 17.2. The molecule has 9 heteroatoms. The molecule has 0 saturated heterocycles. The zero-order chi connectivity index (χ0) is 19.2. The molecule has 0 fully saturated rings. The van der Waals surface area contributed by atoms with E-state index in [0.29, 0.717) is 4.47 Å². The van der Waals surface area contributed by atoms with Gasteiger partial charge in [-0.15, -0.1) is 0 Å². The first-order valence-corrected chi connectivity index (χ1v) is 8.99. The van der Waals surface area contributed by atoms with Crippen molar-refractivity contribution >= 4 is 37.7 Å². The summed E-state index contributed by atoms with van der Waals surface area (Å²) in [5.74, 6) is 0.310. The van der Waals surface area contributed by atoms with Crippen molar-refractivity contribution in [2.24, 2.45) is 5.73 Å². The Labute approximate surface area is 164 Å². The van der Waals surface area contributed by atoms with E-state index in [1.807, 2.05) is 19.1 Å². The average Bonchev–Trinajstić information content (AvgIpc) is 2.55. The molecule has 0 amide bonds. The molecule has 6 nitrogen and oxygen atoms in total. The van der Waals surface area contributed by atoms with Crippen LogP contribution >= 0.6 is 31.9 Å². The highest BCUT2D eigenvalue weighted by Gasteiger charge is 2.00. The maximum atomic E-state index is 12.0. The Balaban J connectivity index is 0.000000382. The molecule has 25 heavy (non-hydrogen) atoms. The number of nitrogens with two attached hydrogens (primary N) is 1. The average molecular weight is 482 g/mol. The van der Waals surface area contributed by atoms with E-state index in [9.17, 15) is 4.39 Å². The molecule has 0 aliphatic heterocycles. The molecular weight excluding hydrogens is 459 g/mol. The number of nitrogens with zero attached hydrogens (tertiary/aromatic N) is 2. The van der Waals surface area contributed by atoms with E-state index in [0.717, 1.165) is 10.3 Å². The van der Waals surface area contributed by atoms with E-state index in [1.54, 1.807) is 19.2 Å². The maximum absolute atomic E-state index is 12.0. The van der Waals surface area contributed by atoms with Crippen LogP contribution in [0.3, 0.4) is 0 Å². The van der Waals surface area contributed by atoms with Crippen molar-refractivity contribution in [1.82, 2.24) is 9.97 Å². The van der Waals surface area contributed by atoms with E-state index in [4.69, 9.17) is 15.9 Å². The van der Waals surface area contributed by atoms with Gasteiger partial charge in [-0.05, 0) is 32.0 Å². The first-order valence-electron chi connectivity index (χ1n) is 7.40. The van der Waals surface area contributed by atoms with Crippen molar-refractivity contribution in [3.8, 4) is 0 Å². The summed E-state index contributed by atoms with van der Waals surface area (Å²) in [4.78, 5) is 7.42. The molecular formula is C16H23Br2FN4O2. The van der Waals surface area contributed by atoms with Crippen LogP contribution in [-0.2, 0) is 0 Å². The number of anilines is 1. The van der Waals surface area contributed by atoms with Crippen molar-refractivity contribution in [1.29, 1.82) is 0 Å². The minimum absolute atomic E-state index is 0.0341. The first kappa shape index (κ1) is 23.9. The summed E-state index contributed by atoms with van der Waals surface area (Å²) in [6, 6.07) is 6.67. The minimum Gasteiger partial charge on any atom is -0.395 e. The molecule has 2 unspecified atom stereocenters. The molecule has 2 atom stereocenters. The second-order valence-corrected chi connectivity index (χ2v) is 6.88. The van der Waals surface area contributed by atoms with Gasteiger partial charge in [0.25, 0.3) is 0 Å². The predicted octanol–water partition coefficient (Wildman–Crippen LogP) is 2.95. The number of aliphatic hydroxyl groups is 2. The summed E-state index contributed by atoms with van der Waals surface area (Å²) < 4.78 is 13.7. The molecule has 0 aliphatic carbocycles. The van der Waals surface area contributed by atoms with E-state index < -0.39 is 5.95 Å². The van der Waals surface area contributed by atoms with Gasteiger partial charge in [-0.2, -0.15) is 4.39 Å². The van der Waals surface area contributed by atoms with Gasteiger partial charge in [0, 0.05) is 39.5 Å². The quantitative estimate of drug-likeness (QED) is 0.500.